The molecule has 0 N–H and O–H groups in total. The van der Waals surface area contributed by atoms with Gasteiger partial charge in [-0.3, -0.25) is 9.59 Å². The van der Waals surface area contributed by atoms with Crippen molar-refractivity contribution in [2.75, 3.05) is 26.8 Å². The van der Waals surface area contributed by atoms with E-state index in [1.807, 2.05) is 0 Å². The molecular weight excluding hydrogens is 418 g/mol. The highest BCUT2D eigenvalue weighted by Crippen LogP contribution is 2.21. The lowest BCUT2D eigenvalue weighted by molar-refractivity contribution is -0.142. The van der Waals surface area contributed by atoms with Crippen LogP contribution in [0.1, 0.15) is 41.6 Å². The number of methoxy groups -OCH3 is 1. The SMILES string of the molecule is COc1cccc(C(=O)COC(=O)CCc2ccc(S(=O)(=O)N3CCCCC3)cc2)c1. The van der Waals surface area contributed by atoms with Crippen LogP contribution < -0.4 is 4.74 Å². The van der Waals surface area contributed by atoms with Crippen molar-refractivity contribution in [3.05, 3.63) is 59.7 Å². The number of hydrogen-bond donors (Lipinski definition) is 0. The number of rotatable bonds is 9. The summed E-state index contributed by atoms with van der Waals surface area (Å²) in [6.45, 7) is 0.786. The molecule has 7 nitrogen and oxygen atoms in total. The molecule has 0 radical (unpaired) electrons. The van der Waals surface area contributed by atoms with E-state index in [1.54, 1.807) is 48.5 Å². The van der Waals surface area contributed by atoms with Gasteiger partial charge < -0.3 is 9.47 Å². The summed E-state index contributed by atoms with van der Waals surface area (Å²) in [7, 11) is -1.95. The zero-order valence-corrected chi connectivity index (χ0v) is 18.4. The quantitative estimate of drug-likeness (QED) is 0.435. The van der Waals surface area contributed by atoms with Gasteiger partial charge >= 0.3 is 5.97 Å². The van der Waals surface area contributed by atoms with Gasteiger partial charge in [0.2, 0.25) is 10.0 Å². The molecule has 0 atom stereocenters. The predicted octanol–water partition coefficient (Wildman–Crippen LogP) is 3.23. The Morgan fingerprint density at radius 2 is 1.71 bits per heavy atom. The fraction of sp³-hybridized carbons (Fsp3) is 0.391. The van der Waals surface area contributed by atoms with E-state index < -0.39 is 16.0 Å². The number of benzene rings is 2. The highest BCUT2D eigenvalue weighted by molar-refractivity contribution is 7.89. The van der Waals surface area contributed by atoms with Crippen LogP contribution >= 0.6 is 0 Å². The van der Waals surface area contributed by atoms with E-state index in [1.165, 1.54) is 11.4 Å². The lowest BCUT2D eigenvalue weighted by Gasteiger charge is -2.25. The Kier molecular flexibility index (Phi) is 7.81. The van der Waals surface area contributed by atoms with Crippen LogP contribution in [0.4, 0.5) is 0 Å². The first-order chi connectivity index (χ1) is 14.9. The molecular formula is C23H27NO6S. The molecule has 1 fully saturated rings. The molecule has 1 aliphatic rings. The van der Waals surface area contributed by atoms with Crippen LogP contribution in [0.2, 0.25) is 0 Å². The van der Waals surface area contributed by atoms with Gasteiger partial charge in [0.25, 0.3) is 0 Å². The maximum Gasteiger partial charge on any atom is 0.306 e. The molecule has 1 heterocycles. The second-order valence-corrected chi connectivity index (χ2v) is 9.36. The molecule has 0 amide bonds. The molecule has 0 aromatic heterocycles. The molecule has 1 aliphatic heterocycles. The first kappa shape index (κ1) is 23.0. The van der Waals surface area contributed by atoms with Crippen molar-refractivity contribution in [1.29, 1.82) is 0 Å². The van der Waals surface area contributed by atoms with E-state index in [0.717, 1.165) is 24.8 Å². The van der Waals surface area contributed by atoms with Crippen LogP contribution in [-0.4, -0.2) is 51.3 Å². The second kappa shape index (κ2) is 10.5. The van der Waals surface area contributed by atoms with Gasteiger partial charge in [-0.2, -0.15) is 4.31 Å². The average molecular weight is 446 g/mol. The number of carbonyl (C=O) groups is 2. The van der Waals surface area contributed by atoms with Crippen molar-refractivity contribution >= 4 is 21.8 Å². The third-order valence-electron chi connectivity index (χ3n) is 5.25. The van der Waals surface area contributed by atoms with Crippen LogP contribution in [0, 0.1) is 0 Å². The second-order valence-electron chi connectivity index (χ2n) is 7.42. The molecule has 0 spiro atoms. The smallest absolute Gasteiger partial charge is 0.306 e. The number of sulfonamides is 1. The van der Waals surface area contributed by atoms with Gasteiger partial charge in [0, 0.05) is 25.1 Å². The van der Waals surface area contributed by atoms with Gasteiger partial charge in [-0.05, 0) is 49.1 Å². The monoisotopic (exact) mass is 445 g/mol. The molecule has 166 valence electrons. The minimum Gasteiger partial charge on any atom is -0.497 e. The van der Waals surface area contributed by atoms with E-state index in [-0.39, 0.29) is 23.7 Å². The number of carbonyl (C=O) groups excluding carboxylic acids is 2. The Labute approximate surface area is 183 Å². The van der Waals surface area contributed by atoms with Crippen LogP contribution in [0.15, 0.2) is 53.4 Å². The fourth-order valence-electron chi connectivity index (χ4n) is 3.43. The third-order valence-corrected chi connectivity index (χ3v) is 7.16. The van der Waals surface area contributed by atoms with Crippen molar-refractivity contribution in [1.82, 2.24) is 4.31 Å². The summed E-state index contributed by atoms with van der Waals surface area (Å²) in [5.41, 5.74) is 1.24. The molecule has 2 aromatic rings. The zero-order chi connectivity index (χ0) is 22.3. The fourth-order valence-corrected chi connectivity index (χ4v) is 4.94. The van der Waals surface area contributed by atoms with Crippen LogP contribution in [0.25, 0.3) is 0 Å². The zero-order valence-electron chi connectivity index (χ0n) is 17.6. The molecule has 8 heteroatoms. The Morgan fingerprint density at radius 1 is 1.00 bits per heavy atom. The van der Waals surface area contributed by atoms with Gasteiger partial charge in [-0.25, -0.2) is 8.42 Å². The molecule has 0 saturated carbocycles. The topological polar surface area (TPSA) is 90.0 Å². The summed E-state index contributed by atoms with van der Waals surface area (Å²) < 4.78 is 37.1. The Balaban J connectivity index is 1.48. The molecule has 31 heavy (non-hydrogen) atoms. The summed E-state index contributed by atoms with van der Waals surface area (Å²) in [6, 6.07) is 13.2. The summed E-state index contributed by atoms with van der Waals surface area (Å²) in [4.78, 5) is 24.4. The Hall–Kier alpha value is -2.71. The number of esters is 1. The summed E-state index contributed by atoms with van der Waals surface area (Å²) in [6.07, 6.45) is 3.34. The molecule has 0 aliphatic carbocycles. The molecule has 0 bridgehead atoms. The van der Waals surface area contributed by atoms with Gasteiger partial charge in [-0.15, -0.1) is 0 Å². The number of aryl methyl sites for hydroxylation is 1. The van der Waals surface area contributed by atoms with E-state index in [4.69, 9.17) is 9.47 Å². The van der Waals surface area contributed by atoms with E-state index in [2.05, 4.69) is 0 Å². The highest BCUT2D eigenvalue weighted by Gasteiger charge is 2.25. The van der Waals surface area contributed by atoms with E-state index in [9.17, 15) is 18.0 Å². The molecule has 3 rings (SSSR count). The van der Waals surface area contributed by atoms with Gasteiger partial charge in [0.05, 0.1) is 12.0 Å². The Morgan fingerprint density at radius 3 is 2.39 bits per heavy atom. The maximum absolute atomic E-state index is 12.7. The maximum atomic E-state index is 12.7. The predicted molar refractivity (Wildman–Crippen MR) is 116 cm³/mol. The first-order valence-electron chi connectivity index (χ1n) is 10.3. The standard InChI is InChI=1S/C23H27NO6S/c1-29-20-7-5-6-19(16-20)22(25)17-30-23(26)13-10-18-8-11-21(12-9-18)31(27,28)24-14-3-2-4-15-24/h5-9,11-12,16H,2-4,10,13-15,17H2,1H3. The van der Waals surface area contributed by atoms with E-state index in [0.29, 0.717) is 30.8 Å². The first-order valence-corrected chi connectivity index (χ1v) is 11.8. The number of ketones is 1. The van der Waals surface area contributed by atoms with Crippen LogP contribution in [0.5, 0.6) is 5.75 Å². The molecule has 1 saturated heterocycles. The van der Waals surface area contributed by atoms with Crippen LogP contribution in [-0.2, 0) is 26.0 Å². The number of hydrogen-bond acceptors (Lipinski definition) is 6. The van der Waals surface area contributed by atoms with Crippen LogP contribution in [0.3, 0.4) is 0 Å². The summed E-state index contributed by atoms with van der Waals surface area (Å²) >= 11 is 0. The number of ether oxygens (including phenoxy) is 2. The minimum absolute atomic E-state index is 0.101. The number of Topliss-reactive ketones (excluding diaryl/α,β-unsaturated/α-hetero) is 1. The molecule has 0 unspecified atom stereocenters. The van der Waals surface area contributed by atoms with Gasteiger partial charge in [0.15, 0.2) is 12.4 Å². The average Bonchev–Trinajstić information content (AvgIpc) is 2.82. The number of nitrogens with zero attached hydrogens (tertiary/aromatic N) is 1. The highest BCUT2D eigenvalue weighted by atomic mass is 32.2. The minimum atomic E-state index is -3.46. The Bertz CT molecular complexity index is 1010. The number of piperidine rings is 1. The lowest BCUT2D eigenvalue weighted by atomic mass is 10.1. The summed E-state index contributed by atoms with van der Waals surface area (Å²) in [5.74, 6) is -0.233. The van der Waals surface area contributed by atoms with Crippen molar-refractivity contribution in [2.24, 2.45) is 0 Å². The largest absolute Gasteiger partial charge is 0.497 e. The third kappa shape index (κ3) is 6.15. The van der Waals surface area contributed by atoms with Gasteiger partial charge in [0.1, 0.15) is 5.75 Å². The normalized spacial score (nSPS) is 14.7. The van der Waals surface area contributed by atoms with Crippen molar-refractivity contribution < 1.29 is 27.5 Å². The molecule has 2 aromatic carbocycles. The summed E-state index contributed by atoms with van der Waals surface area (Å²) in [5, 5.41) is 0. The van der Waals surface area contributed by atoms with Crippen molar-refractivity contribution in [2.45, 2.75) is 37.0 Å². The van der Waals surface area contributed by atoms with Crippen molar-refractivity contribution in [3.8, 4) is 5.75 Å². The van der Waals surface area contributed by atoms with E-state index >= 15 is 0 Å². The lowest BCUT2D eigenvalue weighted by Crippen LogP contribution is -2.35. The van der Waals surface area contributed by atoms with Crippen molar-refractivity contribution in [3.63, 3.8) is 0 Å². The van der Waals surface area contributed by atoms with Gasteiger partial charge in [-0.1, -0.05) is 30.7 Å².